The molecule has 2 aromatic heterocycles. The van der Waals surface area contributed by atoms with E-state index in [2.05, 4.69) is 55.6 Å². The summed E-state index contributed by atoms with van der Waals surface area (Å²) in [7, 11) is 0. The summed E-state index contributed by atoms with van der Waals surface area (Å²) >= 11 is 9.55. The highest BCUT2D eigenvalue weighted by Crippen LogP contribution is 2.28. The fraction of sp³-hybridized carbons (Fsp3) is 0.200. The maximum atomic E-state index is 5.91. The third-order valence-corrected chi connectivity index (χ3v) is 4.01. The van der Waals surface area contributed by atoms with Gasteiger partial charge in [0.15, 0.2) is 0 Å². The number of benzene rings is 1. The van der Waals surface area contributed by atoms with Crippen LogP contribution in [0.2, 0.25) is 0 Å². The molecule has 5 heteroatoms. The summed E-state index contributed by atoms with van der Waals surface area (Å²) in [6, 6.07) is 8.27. The number of aromatic nitrogens is 3. The lowest BCUT2D eigenvalue weighted by Gasteiger charge is -2.11. The van der Waals surface area contributed by atoms with Crippen molar-refractivity contribution >= 4 is 38.6 Å². The van der Waals surface area contributed by atoms with Crippen molar-refractivity contribution in [3.8, 4) is 5.69 Å². The van der Waals surface area contributed by atoms with Gasteiger partial charge in [0.25, 0.3) is 0 Å². The molecule has 1 aromatic carbocycles. The zero-order valence-corrected chi connectivity index (χ0v) is 13.3. The van der Waals surface area contributed by atoms with E-state index in [1.807, 2.05) is 6.07 Å². The summed E-state index contributed by atoms with van der Waals surface area (Å²) in [5.41, 5.74) is 4.22. The Morgan fingerprint density at radius 2 is 2.15 bits per heavy atom. The fourth-order valence-electron chi connectivity index (χ4n) is 2.30. The van der Waals surface area contributed by atoms with Crippen LogP contribution in [0.15, 0.2) is 41.1 Å². The topological polar surface area (TPSA) is 30.7 Å². The first kappa shape index (κ1) is 13.6. The van der Waals surface area contributed by atoms with Gasteiger partial charge in [-0.1, -0.05) is 6.07 Å². The van der Waals surface area contributed by atoms with E-state index >= 15 is 0 Å². The number of rotatable bonds is 3. The number of hydrogen-bond donors (Lipinski definition) is 0. The van der Waals surface area contributed by atoms with Crippen LogP contribution in [-0.4, -0.2) is 20.4 Å². The molecule has 0 saturated carbocycles. The maximum absolute atomic E-state index is 5.91. The predicted molar refractivity (Wildman–Crippen MR) is 85.7 cm³/mol. The standard InChI is InChI=1S/C15H13BrClN3/c1-10-2-3-13(11(16)8-10)20-14-5-7-18-9-12(14)19-15(20)4-6-17/h2-3,5,7-9H,4,6H2,1H3. The number of aryl methyl sites for hydroxylation is 2. The first-order valence-corrected chi connectivity index (χ1v) is 7.67. The SMILES string of the molecule is Cc1ccc(-n2c(CCCl)nc3cnccc32)c(Br)c1. The Hall–Kier alpha value is -1.39. The van der Waals surface area contributed by atoms with Crippen LogP contribution in [0.1, 0.15) is 11.4 Å². The molecule has 0 bridgehead atoms. The van der Waals surface area contributed by atoms with Crippen LogP contribution < -0.4 is 0 Å². The van der Waals surface area contributed by atoms with Gasteiger partial charge in [0.1, 0.15) is 11.3 Å². The molecule has 0 atom stereocenters. The minimum absolute atomic E-state index is 0.542. The van der Waals surface area contributed by atoms with Crippen LogP contribution in [0.4, 0.5) is 0 Å². The average molecular weight is 351 g/mol. The number of fused-ring (bicyclic) bond motifs is 1. The van der Waals surface area contributed by atoms with Crippen LogP contribution in [0, 0.1) is 6.92 Å². The van der Waals surface area contributed by atoms with Gasteiger partial charge in [-0.15, -0.1) is 11.6 Å². The molecule has 3 aromatic rings. The lowest BCUT2D eigenvalue weighted by Crippen LogP contribution is -2.03. The Kier molecular flexibility index (Phi) is 3.76. The van der Waals surface area contributed by atoms with Crippen molar-refractivity contribution in [1.29, 1.82) is 0 Å². The number of pyridine rings is 1. The molecule has 2 heterocycles. The van der Waals surface area contributed by atoms with Gasteiger partial charge in [0, 0.05) is 23.0 Å². The van der Waals surface area contributed by atoms with Crippen LogP contribution >= 0.6 is 27.5 Å². The van der Waals surface area contributed by atoms with Gasteiger partial charge >= 0.3 is 0 Å². The Morgan fingerprint density at radius 1 is 1.30 bits per heavy atom. The molecule has 0 aliphatic carbocycles. The largest absolute Gasteiger partial charge is 0.295 e. The Morgan fingerprint density at radius 3 is 2.90 bits per heavy atom. The van der Waals surface area contributed by atoms with Crippen molar-refractivity contribution in [2.24, 2.45) is 0 Å². The lowest BCUT2D eigenvalue weighted by atomic mass is 10.2. The van der Waals surface area contributed by atoms with Crippen molar-refractivity contribution in [1.82, 2.24) is 14.5 Å². The first-order chi connectivity index (χ1) is 9.70. The smallest absolute Gasteiger partial charge is 0.115 e. The van der Waals surface area contributed by atoms with Crippen LogP contribution in [-0.2, 0) is 6.42 Å². The van der Waals surface area contributed by atoms with Crippen molar-refractivity contribution < 1.29 is 0 Å². The van der Waals surface area contributed by atoms with E-state index in [1.165, 1.54) is 5.56 Å². The number of alkyl halides is 1. The second kappa shape index (κ2) is 5.54. The van der Waals surface area contributed by atoms with E-state index in [4.69, 9.17) is 11.6 Å². The summed E-state index contributed by atoms with van der Waals surface area (Å²) in [6.45, 7) is 2.07. The molecule has 0 N–H and O–H groups in total. The molecule has 0 aliphatic rings. The van der Waals surface area contributed by atoms with E-state index < -0.39 is 0 Å². The number of hydrogen-bond acceptors (Lipinski definition) is 2. The van der Waals surface area contributed by atoms with E-state index in [1.54, 1.807) is 12.4 Å². The molecule has 0 spiro atoms. The fourth-order valence-corrected chi connectivity index (χ4v) is 3.14. The van der Waals surface area contributed by atoms with Crippen molar-refractivity contribution in [3.05, 3.63) is 52.5 Å². The maximum Gasteiger partial charge on any atom is 0.115 e. The van der Waals surface area contributed by atoms with Gasteiger partial charge in [-0.3, -0.25) is 9.55 Å². The minimum atomic E-state index is 0.542. The highest BCUT2D eigenvalue weighted by atomic mass is 79.9. The Labute approximate surface area is 130 Å². The highest BCUT2D eigenvalue weighted by Gasteiger charge is 2.14. The molecular weight excluding hydrogens is 338 g/mol. The molecule has 3 rings (SSSR count). The normalized spacial score (nSPS) is 11.2. The third-order valence-electron chi connectivity index (χ3n) is 3.19. The summed E-state index contributed by atoms with van der Waals surface area (Å²) in [6.07, 6.45) is 4.29. The molecule has 0 radical (unpaired) electrons. The summed E-state index contributed by atoms with van der Waals surface area (Å²) in [5.74, 6) is 1.49. The van der Waals surface area contributed by atoms with Gasteiger partial charge in [-0.25, -0.2) is 4.98 Å². The minimum Gasteiger partial charge on any atom is -0.295 e. The number of nitrogens with zero attached hydrogens (tertiary/aromatic N) is 3. The monoisotopic (exact) mass is 349 g/mol. The predicted octanol–water partition coefficient (Wildman–Crippen LogP) is 4.27. The average Bonchev–Trinajstić information content (AvgIpc) is 2.78. The highest BCUT2D eigenvalue weighted by molar-refractivity contribution is 9.10. The zero-order chi connectivity index (χ0) is 14.1. The second-order valence-corrected chi connectivity index (χ2v) is 5.85. The molecule has 0 fully saturated rings. The Bertz CT molecular complexity index is 767. The van der Waals surface area contributed by atoms with E-state index in [0.29, 0.717) is 5.88 Å². The molecular formula is C15H13BrClN3. The van der Waals surface area contributed by atoms with Gasteiger partial charge in [-0.2, -0.15) is 0 Å². The van der Waals surface area contributed by atoms with Crippen LogP contribution in [0.5, 0.6) is 0 Å². The summed E-state index contributed by atoms with van der Waals surface area (Å²) in [5, 5.41) is 0. The van der Waals surface area contributed by atoms with Crippen LogP contribution in [0.25, 0.3) is 16.7 Å². The zero-order valence-electron chi connectivity index (χ0n) is 11.0. The second-order valence-electron chi connectivity index (χ2n) is 4.62. The Balaban J connectivity index is 2.30. The molecule has 20 heavy (non-hydrogen) atoms. The number of imidazole rings is 1. The van der Waals surface area contributed by atoms with E-state index in [-0.39, 0.29) is 0 Å². The molecule has 0 saturated heterocycles. The quantitative estimate of drug-likeness (QED) is 0.660. The third kappa shape index (κ3) is 2.34. The molecule has 102 valence electrons. The van der Waals surface area contributed by atoms with E-state index in [9.17, 15) is 0 Å². The lowest BCUT2D eigenvalue weighted by molar-refractivity contribution is 0.909. The first-order valence-electron chi connectivity index (χ1n) is 6.34. The molecule has 3 nitrogen and oxygen atoms in total. The van der Waals surface area contributed by atoms with Gasteiger partial charge < -0.3 is 0 Å². The van der Waals surface area contributed by atoms with Crippen molar-refractivity contribution in [2.75, 3.05) is 5.88 Å². The molecule has 0 aliphatic heterocycles. The summed E-state index contributed by atoms with van der Waals surface area (Å²) < 4.78 is 3.19. The van der Waals surface area contributed by atoms with Crippen molar-refractivity contribution in [3.63, 3.8) is 0 Å². The van der Waals surface area contributed by atoms with Gasteiger partial charge in [0.05, 0.1) is 17.4 Å². The molecule has 0 unspecified atom stereocenters. The van der Waals surface area contributed by atoms with Crippen molar-refractivity contribution in [2.45, 2.75) is 13.3 Å². The van der Waals surface area contributed by atoms with Crippen LogP contribution in [0.3, 0.4) is 0 Å². The van der Waals surface area contributed by atoms with Gasteiger partial charge in [0.2, 0.25) is 0 Å². The molecule has 0 amide bonds. The number of halogens is 2. The summed E-state index contributed by atoms with van der Waals surface area (Å²) in [4.78, 5) is 8.77. The van der Waals surface area contributed by atoms with E-state index in [0.717, 1.165) is 33.4 Å². The van der Waals surface area contributed by atoms with Gasteiger partial charge in [-0.05, 0) is 46.6 Å².